The van der Waals surface area contributed by atoms with Crippen molar-refractivity contribution >= 4 is 11.0 Å². The molecule has 133 valence electrons. The van der Waals surface area contributed by atoms with Crippen LogP contribution < -0.4 is 0 Å². The van der Waals surface area contributed by atoms with Crippen molar-refractivity contribution in [1.29, 1.82) is 0 Å². The Hall–Kier alpha value is -3.85. The lowest BCUT2D eigenvalue weighted by molar-refractivity contribution is 0.355. The van der Waals surface area contributed by atoms with E-state index < -0.39 is 0 Å². The molecule has 3 nitrogen and oxygen atoms in total. The molecule has 3 heteroatoms. The van der Waals surface area contributed by atoms with Gasteiger partial charge in [-0.15, -0.1) is 0 Å². The molecule has 0 atom stereocenters. The molecule has 0 saturated carbocycles. The maximum atomic E-state index is 12.4. The number of imidazole rings is 1. The molecular weight excluding hydrogens is 344 g/mol. The minimum atomic E-state index is -0.0383. The quantitative estimate of drug-likeness (QED) is 0.361. The number of rotatable bonds is 3. The molecule has 0 saturated heterocycles. The molecule has 0 N–H and O–H groups in total. The minimum Gasteiger partial charge on any atom is -0.292 e. The molecule has 28 heavy (non-hydrogen) atoms. The van der Waals surface area contributed by atoms with Gasteiger partial charge in [-0.1, -0.05) is 78.9 Å². The first-order chi connectivity index (χ1) is 13.8. The van der Waals surface area contributed by atoms with E-state index in [1.807, 2.05) is 78.9 Å². The molecule has 0 amide bonds. The van der Waals surface area contributed by atoms with Crippen molar-refractivity contribution < 1.29 is 5.11 Å². The van der Waals surface area contributed by atoms with Crippen LogP contribution in [-0.4, -0.2) is 9.55 Å². The molecule has 1 aromatic heterocycles. The first-order valence-corrected chi connectivity index (χ1v) is 9.21. The summed E-state index contributed by atoms with van der Waals surface area (Å²) < 4.78 is 2.15. The molecule has 1 radical (unpaired) electrons. The fraction of sp³-hybridized carbons (Fsp3) is 0. The van der Waals surface area contributed by atoms with Gasteiger partial charge in [0.15, 0.2) is 5.75 Å². The Kier molecular flexibility index (Phi) is 3.91. The highest BCUT2D eigenvalue weighted by Crippen LogP contribution is 2.37. The van der Waals surface area contributed by atoms with Crippen LogP contribution in [-0.2, 0) is 5.11 Å². The number of hydrogen-bond acceptors (Lipinski definition) is 1. The first-order valence-electron chi connectivity index (χ1n) is 9.21. The highest BCUT2D eigenvalue weighted by Gasteiger charge is 2.19. The zero-order chi connectivity index (χ0) is 18.9. The van der Waals surface area contributed by atoms with Crippen LogP contribution in [0.3, 0.4) is 0 Å². The summed E-state index contributed by atoms with van der Waals surface area (Å²) in [7, 11) is 0. The zero-order valence-corrected chi connectivity index (χ0v) is 15.1. The van der Waals surface area contributed by atoms with Crippen molar-refractivity contribution in [3.05, 3.63) is 103 Å². The Morgan fingerprint density at radius 1 is 0.643 bits per heavy atom. The number of aromatic nitrogens is 2. The van der Waals surface area contributed by atoms with Gasteiger partial charge in [0.1, 0.15) is 5.82 Å². The second-order valence-electron chi connectivity index (χ2n) is 6.68. The molecule has 5 rings (SSSR count). The minimum absolute atomic E-state index is 0.0383. The van der Waals surface area contributed by atoms with Crippen LogP contribution in [0.1, 0.15) is 0 Å². The molecule has 0 fully saturated rings. The van der Waals surface area contributed by atoms with Crippen molar-refractivity contribution in [2.24, 2.45) is 0 Å². The van der Waals surface area contributed by atoms with Gasteiger partial charge in [-0.3, -0.25) is 9.67 Å². The Morgan fingerprint density at radius 2 is 1.21 bits per heavy atom. The second kappa shape index (κ2) is 6.71. The third-order valence-corrected chi connectivity index (χ3v) is 4.86. The highest BCUT2D eigenvalue weighted by molar-refractivity contribution is 5.97. The van der Waals surface area contributed by atoms with E-state index in [0.717, 1.165) is 33.7 Å². The summed E-state index contributed by atoms with van der Waals surface area (Å²) in [6.45, 7) is 0. The van der Waals surface area contributed by atoms with E-state index >= 15 is 0 Å². The lowest BCUT2D eigenvalue weighted by Gasteiger charge is -2.12. The molecule has 0 bridgehead atoms. The number of fused-ring (bicyclic) bond motifs is 1. The predicted molar refractivity (Wildman–Crippen MR) is 112 cm³/mol. The van der Waals surface area contributed by atoms with Gasteiger partial charge in [0.25, 0.3) is 0 Å². The lowest BCUT2D eigenvalue weighted by atomic mass is 10.0. The highest BCUT2D eigenvalue weighted by atomic mass is 16.3. The van der Waals surface area contributed by atoms with Crippen LogP contribution in [0.15, 0.2) is 103 Å². The second-order valence-corrected chi connectivity index (χ2v) is 6.68. The van der Waals surface area contributed by atoms with Gasteiger partial charge >= 0.3 is 0 Å². The maximum Gasteiger partial charge on any atom is 0.181 e. The summed E-state index contributed by atoms with van der Waals surface area (Å²) in [5, 5.41) is 12.4. The SMILES string of the molecule is [O]c1cc(-c2ccccc2)c2c(c1)nc(-c1ccccc1)n2-c1ccccc1. The summed E-state index contributed by atoms with van der Waals surface area (Å²) in [6, 6.07) is 33.6. The monoisotopic (exact) mass is 361 g/mol. The molecule has 0 aliphatic carbocycles. The van der Waals surface area contributed by atoms with E-state index in [1.54, 1.807) is 12.1 Å². The van der Waals surface area contributed by atoms with Gasteiger partial charge in [0.05, 0.1) is 11.0 Å². The summed E-state index contributed by atoms with van der Waals surface area (Å²) in [5.41, 5.74) is 5.56. The molecule has 0 unspecified atom stereocenters. The Morgan fingerprint density at radius 3 is 1.86 bits per heavy atom. The summed E-state index contributed by atoms with van der Waals surface area (Å²) in [5.74, 6) is 0.785. The largest absolute Gasteiger partial charge is 0.292 e. The van der Waals surface area contributed by atoms with Crippen LogP contribution >= 0.6 is 0 Å². The summed E-state index contributed by atoms with van der Waals surface area (Å²) in [6.07, 6.45) is 0. The summed E-state index contributed by atoms with van der Waals surface area (Å²) in [4.78, 5) is 4.87. The summed E-state index contributed by atoms with van der Waals surface area (Å²) >= 11 is 0. The first kappa shape index (κ1) is 16.3. The predicted octanol–water partition coefficient (Wildman–Crippen LogP) is 6.50. The Labute approximate surface area is 163 Å². The van der Waals surface area contributed by atoms with Crippen LogP contribution in [0.2, 0.25) is 0 Å². The normalized spacial score (nSPS) is 11.0. The maximum absolute atomic E-state index is 12.4. The molecule has 0 spiro atoms. The third-order valence-electron chi connectivity index (χ3n) is 4.86. The average Bonchev–Trinajstić information content (AvgIpc) is 3.14. The average molecular weight is 361 g/mol. The van der Waals surface area contributed by atoms with Gasteiger partial charge in [-0.05, 0) is 23.8 Å². The third kappa shape index (κ3) is 2.74. The van der Waals surface area contributed by atoms with Crippen LogP contribution in [0, 0.1) is 0 Å². The standard InChI is InChI=1S/C25H17N2O/c28-21-16-22(18-10-4-1-5-11-18)24-23(17-21)26-25(19-12-6-2-7-13-19)27(24)20-14-8-3-9-15-20/h1-17H. The molecule has 0 aliphatic rings. The Balaban J connectivity index is 1.92. The number of para-hydroxylation sites is 1. The van der Waals surface area contributed by atoms with Crippen molar-refractivity contribution in [2.45, 2.75) is 0 Å². The van der Waals surface area contributed by atoms with E-state index in [2.05, 4.69) is 16.7 Å². The van der Waals surface area contributed by atoms with Gasteiger partial charge in [0, 0.05) is 22.9 Å². The number of nitrogens with zero attached hydrogens (tertiary/aromatic N) is 2. The lowest BCUT2D eigenvalue weighted by Crippen LogP contribution is -1.98. The van der Waals surface area contributed by atoms with Gasteiger partial charge in [0.2, 0.25) is 0 Å². The van der Waals surface area contributed by atoms with E-state index in [0.29, 0.717) is 5.52 Å². The molecular formula is C25H17N2O. The fourth-order valence-electron chi connectivity index (χ4n) is 3.63. The fourth-order valence-corrected chi connectivity index (χ4v) is 3.63. The number of hydrogen-bond donors (Lipinski definition) is 0. The topological polar surface area (TPSA) is 37.7 Å². The van der Waals surface area contributed by atoms with E-state index in [4.69, 9.17) is 4.98 Å². The van der Waals surface area contributed by atoms with Gasteiger partial charge < -0.3 is 0 Å². The molecule has 0 aliphatic heterocycles. The Bertz CT molecular complexity index is 1240. The smallest absolute Gasteiger partial charge is 0.181 e. The van der Waals surface area contributed by atoms with Crippen LogP contribution in [0.5, 0.6) is 5.75 Å². The molecule has 1 heterocycles. The number of benzene rings is 4. The van der Waals surface area contributed by atoms with E-state index in [1.165, 1.54) is 0 Å². The van der Waals surface area contributed by atoms with Crippen molar-refractivity contribution in [1.82, 2.24) is 9.55 Å². The molecule has 5 aromatic rings. The van der Waals surface area contributed by atoms with Crippen LogP contribution in [0.4, 0.5) is 0 Å². The van der Waals surface area contributed by atoms with E-state index in [-0.39, 0.29) is 5.75 Å². The van der Waals surface area contributed by atoms with Crippen molar-refractivity contribution in [3.63, 3.8) is 0 Å². The van der Waals surface area contributed by atoms with Gasteiger partial charge in [-0.25, -0.2) is 4.98 Å². The van der Waals surface area contributed by atoms with Crippen LogP contribution in [0.25, 0.3) is 39.2 Å². The molecule has 4 aromatic carbocycles. The van der Waals surface area contributed by atoms with Gasteiger partial charge in [-0.2, -0.15) is 0 Å². The zero-order valence-electron chi connectivity index (χ0n) is 15.1. The van der Waals surface area contributed by atoms with Crippen molar-refractivity contribution in [2.75, 3.05) is 0 Å². The van der Waals surface area contributed by atoms with E-state index in [9.17, 15) is 5.11 Å². The van der Waals surface area contributed by atoms with Crippen molar-refractivity contribution in [3.8, 4) is 34.0 Å².